The summed E-state index contributed by atoms with van der Waals surface area (Å²) in [7, 11) is 0. The molecule has 0 aromatic heterocycles. The van der Waals surface area contributed by atoms with E-state index in [-0.39, 0.29) is 11.3 Å². The van der Waals surface area contributed by atoms with Crippen LogP contribution in [0.15, 0.2) is 36.4 Å². The number of fused-ring (bicyclic) bond motifs is 1. The Morgan fingerprint density at radius 2 is 1.20 bits per heavy atom. The SMILES string of the molecule is CCCCCCCCCCCCCCCCOC(=O)c1cc2ccccc2cc1O. The van der Waals surface area contributed by atoms with E-state index in [0.717, 1.165) is 23.6 Å². The van der Waals surface area contributed by atoms with Crippen LogP contribution in [0.4, 0.5) is 0 Å². The molecule has 0 unspecified atom stereocenters. The second-order valence-corrected chi connectivity index (χ2v) is 8.45. The Kier molecular flexibility index (Phi) is 12.0. The second kappa shape index (κ2) is 14.9. The van der Waals surface area contributed by atoms with Gasteiger partial charge in [-0.1, -0.05) is 115 Å². The van der Waals surface area contributed by atoms with Crippen molar-refractivity contribution in [2.75, 3.05) is 6.61 Å². The normalized spacial score (nSPS) is 11.1. The molecule has 0 fully saturated rings. The zero-order chi connectivity index (χ0) is 21.4. The number of phenolic OH excluding ortho intramolecular Hbond substituents is 1. The summed E-state index contributed by atoms with van der Waals surface area (Å²) < 4.78 is 5.37. The molecule has 3 heteroatoms. The molecule has 0 aliphatic heterocycles. The van der Waals surface area contributed by atoms with Crippen LogP contribution in [0.2, 0.25) is 0 Å². The van der Waals surface area contributed by atoms with Gasteiger partial charge in [0.1, 0.15) is 11.3 Å². The molecule has 1 N–H and O–H groups in total. The first kappa shape index (κ1) is 24.2. The van der Waals surface area contributed by atoms with Gasteiger partial charge in [0.05, 0.1) is 6.61 Å². The average Bonchev–Trinajstić information content (AvgIpc) is 2.75. The van der Waals surface area contributed by atoms with Crippen LogP contribution in [0.25, 0.3) is 10.8 Å². The predicted molar refractivity (Wildman–Crippen MR) is 126 cm³/mol. The third-order valence-electron chi connectivity index (χ3n) is 5.81. The Hall–Kier alpha value is -2.03. The Bertz CT molecular complexity index is 738. The summed E-state index contributed by atoms with van der Waals surface area (Å²) in [6, 6.07) is 11.0. The van der Waals surface area contributed by atoms with Crippen LogP contribution in [0.1, 0.15) is 107 Å². The highest BCUT2D eigenvalue weighted by Gasteiger charge is 2.13. The van der Waals surface area contributed by atoms with Crippen LogP contribution in [0.5, 0.6) is 5.75 Å². The summed E-state index contributed by atoms with van der Waals surface area (Å²) in [5, 5.41) is 11.9. The number of ether oxygens (including phenoxy) is 1. The molecule has 0 aliphatic rings. The van der Waals surface area contributed by atoms with E-state index in [2.05, 4.69) is 6.92 Å². The predicted octanol–water partition coefficient (Wildman–Crippen LogP) is 8.18. The molecule has 0 radical (unpaired) electrons. The van der Waals surface area contributed by atoms with Gasteiger partial charge in [0, 0.05) is 0 Å². The molecule has 0 amide bonds. The molecule has 2 aromatic carbocycles. The average molecular weight is 413 g/mol. The number of unbranched alkanes of at least 4 members (excludes halogenated alkanes) is 13. The molecule has 3 nitrogen and oxygen atoms in total. The number of esters is 1. The summed E-state index contributed by atoms with van der Waals surface area (Å²) in [4.78, 5) is 12.3. The van der Waals surface area contributed by atoms with Crippen LogP contribution in [-0.4, -0.2) is 17.7 Å². The lowest BCUT2D eigenvalue weighted by Crippen LogP contribution is -2.07. The first-order valence-corrected chi connectivity index (χ1v) is 12.1. The van der Waals surface area contributed by atoms with Gasteiger partial charge < -0.3 is 9.84 Å². The van der Waals surface area contributed by atoms with Crippen molar-refractivity contribution in [3.8, 4) is 5.75 Å². The lowest BCUT2D eigenvalue weighted by molar-refractivity contribution is 0.0494. The maximum atomic E-state index is 12.3. The van der Waals surface area contributed by atoms with E-state index in [1.807, 2.05) is 24.3 Å². The maximum absolute atomic E-state index is 12.3. The third-order valence-corrected chi connectivity index (χ3v) is 5.81. The molecule has 2 rings (SSSR count). The number of benzene rings is 2. The summed E-state index contributed by atoms with van der Waals surface area (Å²) in [6.07, 6.45) is 18.3. The van der Waals surface area contributed by atoms with E-state index in [1.165, 1.54) is 77.0 Å². The summed E-state index contributed by atoms with van der Waals surface area (Å²) in [5.41, 5.74) is 0.249. The zero-order valence-corrected chi connectivity index (χ0v) is 18.8. The number of rotatable bonds is 16. The van der Waals surface area contributed by atoms with Gasteiger partial charge in [-0.3, -0.25) is 0 Å². The molecule has 0 aliphatic carbocycles. The molecule has 0 heterocycles. The Balaban J connectivity index is 1.46. The van der Waals surface area contributed by atoms with Crippen molar-refractivity contribution in [1.82, 2.24) is 0 Å². The number of phenols is 1. The highest BCUT2D eigenvalue weighted by atomic mass is 16.5. The van der Waals surface area contributed by atoms with E-state index < -0.39 is 5.97 Å². The summed E-state index contributed by atoms with van der Waals surface area (Å²) in [5.74, 6) is -0.451. The van der Waals surface area contributed by atoms with Gasteiger partial charge in [-0.15, -0.1) is 0 Å². The van der Waals surface area contributed by atoms with Gasteiger partial charge in [-0.2, -0.15) is 0 Å². The van der Waals surface area contributed by atoms with Gasteiger partial charge in [-0.05, 0) is 29.3 Å². The van der Waals surface area contributed by atoms with E-state index >= 15 is 0 Å². The molecule has 30 heavy (non-hydrogen) atoms. The number of carbonyl (C=O) groups is 1. The van der Waals surface area contributed by atoms with Crippen molar-refractivity contribution < 1.29 is 14.6 Å². The van der Waals surface area contributed by atoms with Crippen molar-refractivity contribution in [1.29, 1.82) is 0 Å². The molecular weight excluding hydrogens is 372 g/mol. The molecule has 0 atom stereocenters. The standard InChI is InChI=1S/C27H40O3/c1-2-3-4-5-6-7-8-9-10-11-12-13-14-17-20-30-27(29)25-21-23-18-15-16-19-24(23)22-26(25)28/h15-16,18-19,21-22,28H,2-14,17,20H2,1H3. The van der Waals surface area contributed by atoms with Gasteiger partial charge in [0.15, 0.2) is 0 Å². The monoisotopic (exact) mass is 412 g/mol. The second-order valence-electron chi connectivity index (χ2n) is 8.45. The molecule has 166 valence electrons. The van der Waals surface area contributed by atoms with E-state index in [0.29, 0.717) is 6.61 Å². The van der Waals surface area contributed by atoms with E-state index in [1.54, 1.807) is 12.1 Å². The molecule has 0 bridgehead atoms. The highest BCUT2D eigenvalue weighted by Crippen LogP contribution is 2.25. The Labute approximate surface area is 182 Å². The number of carbonyl (C=O) groups excluding carboxylic acids is 1. The lowest BCUT2D eigenvalue weighted by Gasteiger charge is -2.08. The van der Waals surface area contributed by atoms with Crippen molar-refractivity contribution in [3.05, 3.63) is 42.0 Å². The van der Waals surface area contributed by atoms with Crippen LogP contribution >= 0.6 is 0 Å². The minimum absolute atomic E-state index is 0.0142. The van der Waals surface area contributed by atoms with Crippen molar-refractivity contribution in [2.24, 2.45) is 0 Å². The molecule has 2 aromatic rings. The Morgan fingerprint density at radius 3 is 1.73 bits per heavy atom. The van der Waals surface area contributed by atoms with Gasteiger partial charge in [0.25, 0.3) is 0 Å². The van der Waals surface area contributed by atoms with Crippen LogP contribution < -0.4 is 0 Å². The van der Waals surface area contributed by atoms with Gasteiger partial charge in [-0.25, -0.2) is 4.79 Å². The minimum atomic E-state index is -0.437. The fourth-order valence-electron chi connectivity index (χ4n) is 3.93. The molecule has 0 saturated heterocycles. The highest BCUT2D eigenvalue weighted by molar-refractivity contribution is 5.98. The smallest absolute Gasteiger partial charge is 0.341 e. The largest absolute Gasteiger partial charge is 0.507 e. The van der Waals surface area contributed by atoms with Gasteiger partial charge >= 0.3 is 5.97 Å². The van der Waals surface area contributed by atoms with Crippen LogP contribution in [0.3, 0.4) is 0 Å². The first-order chi connectivity index (χ1) is 14.7. The number of aromatic hydroxyl groups is 1. The molecule has 0 spiro atoms. The maximum Gasteiger partial charge on any atom is 0.341 e. The lowest BCUT2D eigenvalue weighted by atomic mass is 10.0. The van der Waals surface area contributed by atoms with Crippen molar-refractivity contribution in [2.45, 2.75) is 96.8 Å². The fourth-order valence-corrected chi connectivity index (χ4v) is 3.93. The third kappa shape index (κ3) is 9.19. The van der Waals surface area contributed by atoms with Crippen LogP contribution in [0, 0.1) is 0 Å². The molecule has 0 saturated carbocycles. The summed E-state index contributed by atoms with van der Waals surface area (Å²) in [6.45, 7) is 2.69. The minimum Gasteiger partial charge on any atom is -0.507 e. The van der Waals surface area contributed by atoms with Crippen molar-refractivity contribution in [3.63, 3.8) is 0 Å². The van der Waals surface area contributed by atoms with Crippen LogP contribution in [-0.2, 0) is 4.74 Å². The van der Waals surface area contributed by atoms with E-state index in [4.69, 9.17) is 4.74 Å². The Morgan fingerprint density at radius 1 is 0.733 bits per heavy atom. The van der Waals surface area contributed by atoms with E-state index in [9.17, 15) is 9.90 Å². The first-order valence-electron chi connectivity index (χ1n) is 12.1. The van der Waals surface area contributed by atoms with Crippen molar-refractivity contribution >= 4 is 16.7 Å². The summed E-state index contributed by atoms with van der Waals surface area (Å²) >= 11 is 0. The number of hydrogen-bond donors (Lipinski definition) is 1. The molecular formula is C27H40O3. The fraction of sp³-hybridized carbons (Fsp3) is 0.593. The quantitative estimate of drug-likeness (QED) is 0.223. The topological polar surface area (TPSA) is 46.5 Å². The zero-order valence-electron chi connectivity index (χ0n) is 18.8. The number of hydrogen-bond acceptors (Lipinski definition) is 3. The van der Waals surface area contributed by atoms with Gasteiger partial charge in [0.2, 0.25) is 0 Å².